The van der Waals surface area contributed by atoms with E-state index in [4.69, 9.17) is 4.52 Å². The normalized spacial score (nSPS) is 10.3. The van der Waals surface area contributed by atoms with Gasteiger partial charge in [-0.2, -0.15) is 0 Å². The van der Waals surface area contributed by atoms with Gasteiger partial charge in [0.2, 0.25) is 0 Å². The number of rotatable bonds is 5. The Labute approximate surface area is 172 Å². The van der Waals surface area contributed by atoms with Gasteiger partial charge in [-0.15, -0.1) is 0 Å². The second kappa shape index (κ2) is 8.74. The molecule has 0 unspecified atom stereocenters. The van der Waals surface area contributed by atoms with Gasteiger partial charge < -0.3 is 20.5 Å². The molecule has 148 valence electrons. The van der Waals surface area contributed by atoms with Gasteiger partial charge in [-0.05, 0) is 36.4 Å². The van der Waals surface area contributed by atoms with E-state index in [1.54, 1.807) is 42.5 Å². The number of amides is 3. The maximum Gasteiger partial charge on any atom is 0.323 e. The summed E-state index contributed by atoms with van der Waals surface area (Å²) in [6.07, 6.45) is 0. The van der Waals surface area contributed by atoms with Crippen LogP contribution in [0.4, 0.5) is 21.9 Å². The molecular formula is C23H18N4O3. The molecule has 0 radical (unpaired) electrons. The van der Waals surface area contributed by atoms with Gasteiger partial charge in [-0.25, -0.2) is 4.79 Å². The number of aromatic nitrogens is 1. The standard InChI is InChI=1S/C23H18N4O3/c28-22(20-15-21(30-27-20)16-7-3-1-4-8-16)24-18-11-13-19(14-12-18)26-23(29)25-17-9-5-2-6-10-17/h1-15H,(H,24,28)(H2,25,26,29). The highest BCUT2D eigenvalue weighted by Crippen LogP contribution is 2.21. The molecule has 0 aliphatic carbocycles. The first-order valence-electron chi connectivity index (χ1n) is 9.24. The topological polar surface area (TPSA) is 96.3 Å². The highest BCUT2D eigenvalue weighted by atomic mass is 16.5. The van der Waals surface area contributed by atoms with Gasteiger partial charge in [0.05, 0.1) is 0 Å². The zero-order chi connectivity index (χ0) is 20.8. The van der Waals surface area contributed by atoms with E-state index in [2.05, 4.69) is 21.1 Å². The monoisotopic (exact) mass is 398 g/mol. The number of hydrogen-bond acceptors (Lipinski definition) is 4. The third-order valence-electron chi connectivity index (χ3n) is 4.23. The van der Waals surface area contributed by atoms with Gasteiger partial charge in [0.15, 0.2) is 11.5 Å². The van der Waals surface area contributed by atoms with Crippen LogP contribution in [0, 0.1) is 0 Å². The van der Waals surface area contributed by atoms with Crippen LogP contribution in [0.3, 0.4) is 0 Å². The van der Waals surface area contributed by atoms with Crippen LogP contribution in [0.1, 0.15) is 10.5 Å². The molecule has 4 rings (SSSR count). The smallest absolute Gasteiger partial charge is 0.323 e. The fraction of sp³-hybridized carbons (Fsp3) is 0. The molecule has 0 spiro atoms. The molecule has 3 amide bonds. The van der Waals surface area contributed by atoms with E-state index >= 15 is 0 Å². The number of carbonyl (C=O) groups is 2. The Balaban J connectivity index is 1.35. The molecule has 0 atom stereocenters. The first-order chi connectivity index (χ1) is 14.7. The average Bonchev–Trinajstić information content (AvgIpc) is 3.27. The average molecular weight is 398 g/mol. The van der Waals surface area contributed by atoms with E-state index in [9.17, 15) is 9.59 Å². The Bertz CT molecular complexity index is 1140. The van der Waals surface area contributed by atoms with E-state index in [1.807, 2.05) is 48.5 Å². The van der Waals surface area contributed by atoms with Crippen LogP contribution in [0.25, 0.3) is 11.3 Å². The predicted molar refractivity (Wildman–Crippen MR) is 115 cm³/mol. The van der Waals surface area contributed by atoms with Crippen molar-refractivity contribution in [1.82, 2.24) is 5.16 Å². The number of para-hydroxylation sites is 1. The molecule has 4 aromatic rings. The fourth-order valence-electron chi connectivity index (χ4n) is 2.77. The highest BCUT2D eigenvalue weighted by molar-refractivity contribution is 6.03. The minimum absolute atomic E-state index is 0.179. The molecular weight excluding hydrogens is 380 g/mol. The number of hydrogen-bond donors (Lipinski definition) is 3. The molecule has 1 heterocycles. The minimum Gasteiger partial charge on any atom is -0.355 e. The Kier molecular flexibility index (Phi) is 5.52. The van der Waals surface area contributed by atoms with Gasteiger partial charge in [-0.3, -0.25) is 4.79 Å². The van der Waals surface area contributed by atoms with E-state index in [1.165, 1.54) is 0 Å². The van der Waals surface area contributed by atoms with Crippen molar-refractivity contribution >= 4 is 29.0 Å². The van der Waals surface area contributed by atoms with Crippen LogP contribution in [0.5, 0.6) is 0 Å². The molecule has 0 aliphatic rings. The summed E-state index contributed by atoms with van der Waals surface area (Å²) in [4.78, 5) is 24.4. The molecule has 3 aromatic carbocycles. The molecule has 0 fully saturated rings. The second-order valence-electron chi connectivity index (χ2n) is 6.42. The Morgan fingerprint density at radius 1 is 0.667 bits per heavy atom. The van der Waals surface area contributed by atoms with Crippen molar-refractivity contribution in [2.75, 3.05) is 16.0 Å². The van der Waals surface area contributed by atoms with Gasteiger partial charge in [0.25, 0.3) is 5.91 Å². The van der Waals surface area contributed by atoms with E-state index < -0.39 is 0 Å². The van der Waals surface area contributed by atoms with Crippen LogP contribution < -0.4 is 16.0 Å². The minimum atomic E-state index is -0.386. The lowest BCUT2D eigenvalue weighted by atomic mass is 10.1. The number of anilines is 3. The molecule has 7 heteroatoms. The Morgan fingerprint density at radius 3 is 1.83 bits per heavy atom. The van der Waals surface area contributed by atoms with Gasteiger partial charge in [0.1, 0.15) is 0 Å². The summed E-state index contributed by atoms with van der Waals surface area (Å²) in [5.41, 5.74) is 2.88. The van der Waals surface area contributed by atoms with E-state index in [-0.39, 0.29) is 17.6 Å². The quantitative estimate of drug-likeness (QED) is 0.428. The molecule has 0 aliphatic heterocycles. The van der Waals surface area contributed by atoms with Crippen molar-refractivity contribution in [2.45, 2.75) is 0 Å². The van der Waals surface area contributed by atoms with Gasteiger partial charge in [0, 0.05) is 28.7 Å². The van der Waals surface area contributed by atoms with Crippen molar-refractivity contribution in [2.24, 2.45) is 0 Å². The lowest BCUT2D eigenvalue weighted by Gasteiger charge is -2.08. The van der Waals surface area contributed by atoms with Crippen molar-refractivity contribution < 1.29 is 14.1 Å². The highest BCUT2D eigenvalue weighted by Gasteiger charge is 2.14. The van der Waals surface area contributed by atoms with Crippen LogP contribution >= 0.6 is 0 Å². The van der Waals surface area contributed by atoms with Crippen molar-refractivity contribution in [3.8, 4) is 11.3 Å². The molecule has 7 nitrogen and oxygen atoms in total. The van der Waals surface area contributed by atoms with Crippen LogP contribution in [0.2, 0.25) is 0 Å². The third-order valence-corrected chi connectivity index (χ3v) is 4.23. The maximum absolute atomic E-state index is 12.4. The largest absolute Gasteiger partial charge is 0.355 e. The SMILES string of the molecule is O=C(Nc1ccccc1)Nc1ccc(NC(=O)c2cc(-c3ccccc3)on2)cc1. The summed E-state index contributed by atoms with van der Waals surface area (Å²) in [6, 6.07) is 26.6. The van der Waals surface area contributed by atoms with Crippen molar-refractivity contribution in [1.29, 1.82) is 0 Å². The van der Waals surface area contributed by atoms with Crippen LogP contribution in [0.15, 0.2) is 95.5 Å². The predicted octanol–water partition coefficient (Wildman–Crippen LogP) is 5.24. The first-order valence-corrected chi connectivity index (χ1v) is 9.24. The third kappa shape index (κ3) is 4.71. The number of nitrogens with one attached hydrogen (secondary N) is 3. The molecule has 0 bridgehead atoms. The van der Waals surface area contributed by atoms with Crippen LogP contribution in [-0.4, -0.2) is 17.1 Å². The van der Waals surface area contributed by atoms with E-state index in [0.717, 1.165) is 5.56 Å². The van der Waals surface area contributed by atoms with Crippen molar-refractivity contribution in [3.05, 3.63) is 96.7 Å². The lowest BCUT2D eigenvalue weighted by molar-refractivity contribution is 0.101. The lowest BCUT2D eigenvalue weighted by Crippen LogP contribution is -2.19. The summed E-state index contributed by atoms with van der Waals surface area (Å²) >= 11 is 0. The van der Waals surface area contributed by atoms with E-state index in [0.29, 0.717) is 22.8 Å². The zero-order valence-corrected chi connectivity index (χ0v) is 15.8. The summed E-state index contributed by atoms with van der Waals surface area (Å²) in [5, 5.41) is 12.1. The molecule has 0 saturated heterocycles. The fourth-order valence-corrected chi connectivity index (χ4v) is 2.77. The first kappa shape index (κ1) is 18.9. The summed E-state index contributed by atoms with van der Waals surface area (Å²) in [5.74, 6) is 0.133. The summed E-state index contributed by atoms with van der Waals surface area (Å²) in [7, 11) is 0. The van der Waals surface area contributed by atoms with Crippen molar-refractivity contribution in [3.63, 3.8) is 0 Å². The summed E-state index contributed by atoms with van der Waals surface area (Å²) < 4.78 is 5.26. The molecule has 30 heavy (non-hydrogen) atoms. The van der Waals surface area contributed by atoms with Crippen LogP contribution in [-0.2, 0) is 0 Å². The number of urea groups is 1. The van der Waals surface area contributed by atoms with Gasteiger partial charge in [-0.1, -0.05) is 53.7 Å². The number of carbonyl (C=O) groups excluding carboxylic acids is 2. The maximum atomic E-state index is 12.4. The Hall–Kier alpha value is -4.39. The molecule has 1 aromatic heterocycles. The molecule has 0 saturated carbocycles. The number of nitrogens with zero attached hydrogens (tertiary/aromatic N) is 1. The Morgan fingerprint density at radius 2 is 1.20 bits per heavy atom. The summed E-state index contributed by atoms with van der Waals surface area (Å²) in [6.45, 7) is 0. The second-order valence-corrected chi connectivity index (χ2v) is 6.42. The molecule has 3 N–H and O–H groups in total. The zero-order valence-electron chi connectivity index (χ0n) is 15.8. The number of benzene rings is 3. The van der Waals surface area contributed by atoms with Gasteiger partial charge >= 0.3 is 6.03 Å².